The van der Waals surface area contributed by atoms with Crippen molar-refractivity contribution in [2.24, 2.45) is 0 Å². The molecule has 0 unspecified atom stereocenters. The molecule has 5 rings (SSSR count). The fourth-order valence-electron chi connectivity index (χ4n) is 4.91. The maximum absolute atomic E-state index is 3.46. The van der Waals surface area contributed by atoms with Crippen LogP contribution in [0.15, 0.2) is 127 Å². The van der Waals surface area contributed by atoms with Crippen molar-refractivity contribution in [1.82, 2.24) is 0 Å². The Morgan fingerprint density at radius 3 is 1.15 bits per heavy atom. The molecule has 0 heterocycles. The minimum Gasteiger partial charge on any atom is -0.356 e. The predicted molar refractivity (Wildman–Crippen MR) is 174 cm³/mol. The molecule has 0 aliphatic carbocycles. The fourth-order valence-corrected chi connectivity index (χ4v) is 4.91. The normalized spacial score (nSPS) is 11.8. The van der Waals surface area contributed by atoms with Gasteiger partial charge in [0.15, 0.2) is 0 Å². The molecule has 1 N–H and O–H groups in total. The van der Waals surface area contributed by atoms with Gasteiger partial charge < -0.3 is 10.2 Å². The first kappa shape index (κ1) is 27.3. The highest BCUT2D eigenvalue weighted by Gasteiger charge is 2.18. The summed E-state index contributed by atoms with van der Waals surface area (Å²) in [7, 11) is 0. The minimum absolute atomic E-state index is 0.117. The summed E-state index contributed by atoms with van der Waals surface area (Å²) in [6.45, 7) is 13.5. The van der Waals surface area contributed by atoms with Gasteiger partial charge in [-0.15, -0.1) is 0 Å². The van der Waals surface area contributed by atoms with Crippen LogP contribution in [0, 0.1) is 0 Å². The average Bonchev–Trinajstić information content (AvgIpc) is 2.94. The van der Waals surface area contributed by atoms with Crippen LogP contribution in [0.25, 0.3) is 11.1 Å². The van der Waals surface area contributed by atoms with Gasteiger partial charge in [0, 0.05) is 28.4 Å². The Balaban J connectivity index is 1.44. The summed E-state index contributed by atoms with van der Waals surface area (Å²) in [5.74, 6) is 0. The molecule has 202 valence electrons. The molecule has 5 aromatic rings. The quantitative estimate of drug-likeness (QED) is 0.238. The summed E-state index contributed by atoms with van der Waals surface area (Å²) in [6, 6.07) is 45.7. The van der Waals surface area contributed by atoms with Gasteiger partial charge in [-0.1, -0.05) is 108 Å². The standard InChI is InChI=1S/C38H40N2/c1-37(2,3)30-16-24-35(25-17-30)40(36-26-18-31(19-27-36)38(4,5)6)34-22-14-29(15-23-34)28-12-20-33(21-13-28)39-32-10-8-7-9-11-32/h7-27,39H,1-6H3. The molecule has 0 saturated carbocycles. The molecule has 5 aromatic carbocycles. The molecule has 0 atom stereocenters. The number of hydrogen-bond acceptors (Lipinski definition) is 2. The average molecular weight is 525 g/mol. The second kappa shape index (κ2) is 11.1. The highest BCUT2D eigenvalue weighted by atomic mass is 15.1. The lowest BCUT2D eigenvalue weighted by atomic mass is 9.86. The first-order valence-electron chi connectivity index (χ1n) is 14.1. The highest BCUT2D eigenvalue weighted by molar-refractivity contribution is 5.79. The number of nitrogens with one attached hydrogen (secondary N) is 1. The number of hydrogen-bond donors (Lipinski definition) is 1. The summed E-state index contributed by atoms with van der Waals surface area (Å²) < 4.78 is 0. The van der Waals surface area contributed by atoms with Gasteiger partial charge in [0.25, 0.3) is 0 Å². The molecule has 0 aliphatic heterocycles. The second-order valence-corrected chi connectivity index (χ2v) is 12.5. The van der Waals surface area contributed by atoms with Gasteiger partial charge in [0.05, 0.1) is 0 Å². The minimum atomic E-state index is 0.117. The molecule has 40 heavy (non-hydrogen) atoms. The summed E-state index contributed by atoms with van der Waals surface area (Å²) in [5, 5.41) is 3.46. The van der Waals surface area contributed by atoms with Crippen molar-refractivity contribution in [2.75, 3.05) is 10.2 Å². The Hall–Kier alpha value is -4.30. The van der Waals surface area contributed by atoms with Gasteiger partial charge >= 0.3 is 0 Å². The fraction of sp³-hybridized carbons (Fsp3) is 0.211. The van der Waals surface area contributed by atoms with E-state index in [0.717, 1.165) is 28.4 Å². The molecule has 0 aromatic heterocycles. The molecule has 0 saturated heterocycles. The third-order valence-corrected chi connectivity index (χ3v) is 7.39. The molecule has 0 fully saturated rings. The first-order chi connectivity index (χ1) is 19.1. The Morgan fingerprint density at radius 2 is 0.750 bits per heavy atom. The molecule has 0 amide bonds. The monoisotopic (exact) mass is 524 g/mol. The molecule has 2 nitrogen and oxygen atoms in total. The van der Waals surface area contributed by atoms with Crippen LogP contribution in [0.5, 0.6) is 0 Å². The van der Waals surface area contributed by atoms with Crippen molar-refractivity contribution in [3.8, 4) is 11.1 Å². The van der Waals surface area contributed by atoms with Gasteiger partial charge in [0.2, 0.25) is 0 Å². The topological polar surface area (TPSA) is 15.3 Å². The van der Waals surface area contributed by atoms with E-state index >= 15 is 0 Å². The van der Waals surface area contributed by atoms with E-state index in [2.05, 4.69) is 161 Å². The summed E-state index contributed by atoms with van der Waals surface area (Å²) in [4.78, 5) is 2.34. The first-order valence-corrected chi connectivity index (χ1v) is 14.1. The molecule has 0 radical (unpaired) electrons. The van der Waals surface area contributed by atoms with E-state index in [1.165, 1.54) is 22.3 Å². The molecule has 2 heteroatoms. The lowest BCUT2D eigenvalue weighted by Crippen LogP contribution is -2.14. The smallest absolute Gasteiger partial charge is 0.0462 e. The third kappa shape index (κ3) is 6.29. The van der Waals surface area contributed by atoms with Crippen molar-refractivity contribution in [1.29, 1.82) is 0 Å². The SMILES string of the molecule is CC(C)(C)c1ccc(N(c2ccc(-c3ccc(Nc4ccccc4)cc3)cc2)c2ccc(C(C)(C)C)cc2)cc1. The van der Waals surface area contributed by atoms with Crippen LogP contribution in [0.3, 0.4) is 0 Å². The van der Waals surface area contributed by atoms with E-state index in [9.17, 15) is 0 Å². The van der Waals surface area contributed by atoms with Gasteiger partial charge in [0.1, 0.15) is 0 Å². The Labute approximate surface area is 240 Å². The van der Waals surface area contributed by atoms with Crippen molar-refractivity contribution >= 4 is 28.4 Å². The van der Waals surface area contributed by atoms with Crippen LogP contribution < -0.4 is 10.2 Å². The van der Waals surface area contributed by atoms with E-state index in [1.54, 1.807) is 0 Å². The number of anilines is 5. The Morgan fingerprint density at radius 1 is 0.400 bits per heavy atom. The Bertz CT molecular complexity index is 1460. The van der Waals surface area contributed by atoms with Crippen LogP contribution in [0.2, 0.25) is 0 Å². The van der Waals surface area contributed by atoms with E-state index in [1.807, 2.05) is 18.2 Å². The Kier molecular flexibility index (Phi) is 7.54. The van der Waals surface area contributed by atoms with E-state index in [0.29, 0.717) is 0 Å². The number of nitrogens with zero attached hydrogens (tertiary/aromatic N) is 1. The van der Waals surface area contributed by atoms with Crippen LogP contribution in [-0.2, 0) is 10.8 Å². The highest BCUT2D eigenvalue weighted by Crippen LogP contribution is 2.38. The predicted octanol–water partition coefficient (Wildman–Crippen LogP) is 11.2. The third-order valence-electron chi connectivity index (χ3n) is 7.39. The van der Waals surface area contributed by atoms with Gasteiger partial charge in [-0.2, -0.15) is 0 Å². The largest absolute Gasteiger partial charge is 0.356 e. The number of rotatable bonds is 6. The number of benzene rings is 5. The summed E-state index contributed by atoms with van der Waals surface area (Å²) in [6.07, 6.45) is 0. The summed E-state index contributed by atoms with van der Waals surface area (Å²) in [5.41, 5.74) is 10.9. The molecular formula is C38H40N2. The summed E-state index contributed by atoms with van der Waals surface area (Å²) >= 11 is 0. The molecule has 0 bridgehead atoms. The van der Waals surface area contributed by atoms with E-state index in [-0.39, 0.29) is 10.8 Å². The van der Waals surface area contributed by atoms with Gasteiger partial charge in [-0.05, 0) is 93.7 Å². The van der Waals surface area contributed by atoms with Crippen molar-refractivity contribution in [3.63, 3.8) is 0 Å². The molecule has 0 aliphatic rings. The van der Waals surface area contributed by atoms with E-state index in [4.69, 9.17) is 0 Å². The van der Waals surface area contributed by atoms with Crippen LogP contribution in [0.4, 0.5) is 28.4 Å². The lowest BCUT2D eigenvalue weighted by molar-refractivity contribution is 0.590. The number of para-hydroxylation sites is 1. The zero-order valence-corrected chi connectivity index (χ0v) is 24.6. The van der Waals surface area contributed by atoms with Crippen LogP contribution in [0.1, 0.15) is 52.7 Å². The van der Waals surface area contributed by atoms with Crippen molar-refractivity contribution < 1.29 is 0 Å². The molecule has 0 spiro atoms. The van der Waals surface area contributed by atoms with Crippen LogP contribution in [-0.4, -0.2) is 0 Å². The lowest BCUT2D eigenvalue weighted by Gasteiger charge is -2.28. The van der Waals surface area contributed by atoms with Crippen molar-refractivity contribution in [3.05, 3.63) is 139 Å². The van der Waals surface area contributed by atoms with Gasteiger partial charge in [-0.3, -0.25) is 0 Å². The van der Waals surface area contributed by atoms with E-state index < -0.39 is 0 Å². The van der Waals surface area contributed by atoms with Gasteiger partial charge in [-0.25, -0.2) is 0 Å². The second-order valence-electron chi connectivity index (χ2n) is 12.5. The molecular weight excluding hydrogens is 484 g/mol. The van der Waals surface area contributed by atoms with Crippen LogP contribution >= 0.6 is 0 Å². The zero-order valence-electron chi connectivity index (χ0n) is 24.6. The maximum Gasteiger partial charge on any atom is 0.0462 e. The van der Waals surface area contributed by atoms with Crippen molar-refractivity contribution in [2.45, 2.75) is 52.4 Å². The zero-order chi connectivity index (χ0) is 28.3. The maximum atomic E-state index is 3.46.